The third kappa shape index (κ3) is 5.03. The molecular formula is C55H38N2O2. The Hall–Kier alpha value is -7.56. The van der Waals surface area contributed by atoms with Crippen LogP contribution in [0.5, 0.6) is 23.0 Å². The van der Waals surface area contributed by atoms with Gasteiger partial charge in [0.15, 0.2) is 23.0 Å². The van der Waals surface area contributed by atoms with Gasteiger partial charge in [-0.1, -0.05) is 147 Å². The lowest BCUT2D eigenvalue weighted by Crippen LogP contribution is -2.18. The summed E-state index contributed by atoms with van der Waals surface area (Å²) in [5.41, 5.74) is 13.8. The molecule has 0 aromatic heterocycles. The van der Waals surface area contributed by atoms with Crippen LogP contribution in [0.2, 0.25) is 0 Å². The molecular weight excluding hydrogens is 721 g/mol. The third-order valence-electron chi connectivity index (χ3n) is 12.4. The molecule has 0 saturated heterocycles. The smallest absolute Gasteiger partial charge is 0.151 e. The summed E-state index contributed by atoms with van der Waals surface area (Å²) < 4.78 is 12.8. The van der Waals surface area contributed by atoms with Crippen LogP contribution in [-0.2, 0) is 5.41 Å². The molecule has 1 aliphatic carbocycles. The molecule has 0 saturated carbocycles. The molecule has 0 atom stereocenters. The van der Waals surface area contributed by atoms with Crippen molar-refractivity contribution in [2.24, 2.45) is 0 Å². The van der Waals surface area contributed by atoms with Gasteiger partial charge in [0.1, 0.15) is 0 Å². The maximum absolute atomic E-state index is 6.43. The van der Waals surface area contributed by atoms with Crippen LogP contribution in [0.4, 0.5) is 34.1 Å². The van der Waals surface area contributed by atoms with Gasteiger partial charge >= 0.3 is 0 Å². The van der Waals surface area contributed by atoms with E-state index in [-0.39, 0.29) is 5.41 Å². The number of rotatable bonds is 4. The monoisotopic (exact) mass is 758 g/mol. The van der Waals surface area contributed by atoms with Crippen molar-refractivity contribution in [1.29, 1.82) is 0 Å². The Balaban J connectivity index is 0.957. The zero-order valence-electron chi connectivity index (χ0n) is 32.7. The fraction of sp³-hybridized carbons (Fsp3) is 0.0545. The minimum absolute atomic E-state index is 0.207. The van der Waals surface area contributed by atoms with Gasteiger partial charge in [0.05, 0.1) is 28.4 Å². The number of nitrogens with zero attached hydrogens (tertiary/aromatic N) is 2. The molecule has 2 heterocycles. The Bertz CT molecular complexity index is 3080. The molecule has 4 heteroatoms. The molecule has 0 unspecified atom stereocenters. The quantitative estimate of drug-likeness (QED) is 0.132. The minimum Gasteiger partial charge on any atom is -0.453 e. The third-order valence-corrected chi connectivity index (χ3v) is 12.4. The number of fused-ring (bicyclic) bond motifs is 9. The van der Waals surface area contributed by atoms with E-state index in [1.807, 2.05) is 36.4 Å². The van der Waals surface area contributed by atoms with Crippen LogP contribution in [0, 0.1) is 0 Å². The molecule has 0 spiro atoms. The lowest BCUT2D eigenvalue weighted by molar-refractivity contribution is 0.477. The van der Waals surface area contributed by atoms with Crippen molar-refractivity contribution in [2.75, 3.05) is 9.80 Å². The van der Waals surface area contributed by atoms with Gasteiger partial charge in [-0.05, 0) is 105 Å². The molecule has 59 heavy (non-hydrogen) atoms. The molecule has 9 aromatic rings. The number of hydrogen-bond acceptors (Lipinski definition) is 4. The molecule has 0 bridgehead atoms. The zero-order chi connectivity index (χ0) is 39.2. The summed E-state index contributed by atoms with van der Waals surface area (Å²) in [7, 11) is 0. The number of hydrogen-bond donors (Lipinski definition) is 0. The van der Waals surface area contributed by atoms with E-state index in [0.717, 1.165) is 57.1 Å². The average molecular weight is 759 g/mol. The fourth-order valence-corrected chi connectivity index (χ4v) is 9.65. The highest BCUT2D eigenvalue weighted by atomic mass is 16.5. The standard InChI is InChI=1S/C55H38N2O2/c1-55(2)44-33-35(28-31-40(44)41-32-29-36(34-45(41)55)56-46-19-7-11-23-50(46)58-51-24-12-8-20-47(51)56)27-30-39-37-15-3-5-17-42(37)54(43-18-6-4-16-38(39)43)57-48-21-9-13-25-52(48)59-53-26-14-10-22-49(53)57/h3-34H,1-2H3/b30-27+. The van der Waals surface area contributed by atoms with E-state index in [1.54, 1.807) is 0 Å². The van der Waals surface area contributed by atoms with Crippen LogP contribution < -0.4 is 19.3 Å². The molecule has 4 nitrogen and oxygen atoms in total. The van der Waals surface area contributed by atoms with Crippen molar-refractivity contribution in [3.05, 3.63) is 204 Å². The molecule has 0 fully saturated rings. The highest BCUT2D eigenvalue weighted by molar-refractivity contribution is 6.19. The van der Waals surface area contributed by atoms with Gasteiger partial charge in [-0.3, -0.25) is 0 Å². The number of para-hydroxylation sites is 8. The van der Waals surface area contributed by atoms with Crippen LogP contribution >= 0.6 is 0 Å². The van der Waals surface area contributed by atoms with Crippen molar-refractivity contribution in [1.82, 2.24) is 0 Å². The van der Waals surface area contributed by atoms with E-state index in [0.29, 0.717) is 0 Å². The lowest BCUT2D eigenvalue weighted by Gasteiger charge is -2.34. The fourth-order valence-electron chi connectivity index (χ4n) is 9.65. The first-order valence-corrected chi connectivity index (χ1v) is 20.3. The highest BCUT2D eigenvalue weighted by Crippen LogP contribution is 2.56. The lowest BCUT2D eigenvalue weighted by atomic mass is 9.81. The van der Waals surface area contributed by atoms with E-state index in [9.17, 15) is 0 Å². The molecule has 280 valence electrons. The summed E-state index contributed by atoms with van der Waals surface area (Å²) in [4.78, 5) is 4.72. The average Bonchev–Trinajstić information content (AvgIpc) is 3.50. The van der Waals surface area contributed by atoms with Gasteiger partial charge in [-0.15, -0.1) is 0 Å². The number of anilines is 6. The summed E-state index contributed by atoms with van der Waals surface area (Å²) in [6.45, 7) is 4.72. The summed E-state index contributed by atoms with van der Waals surface area (Å²) in [5.74, 6) is 3.41. The molecule has 3 aliphatic rings. The summed E-state index contributed by atoms with van der Waals surface area (Å²) >= 11 is 0. The van der Waals surface area contributed by atoms with Crippen molar-refractivity contribution in [3.8, 4) is 34.1 Å². The second kappa shape index (κ2) is 12.7. The van der Waals surface area contributed by atoms with Crippen molar-refractivity contribution >= 4 is 67.8 Å². The SMILES string of the molecule is CC1(C)c2cc(/C=C/c3c4ccccc4c(N4c5ccccc5Oc5ccccc54)c4ccccc34)ccc2-c2ccc(N3c4ccccc4Oc4ccccc43)cc21. The molecule has 0 radical (unpaired) electrons. The van der Waals surface area contributed by atoms with Gasteiger partial charge in [0.2, 0.25) is 0 Å². The van der Waals surface area contributed by atoms with Crippen LogP contribution in [0.25, 0.3) is 44.8 Å². The van der Waals surface area contributed by atoms with Gasteiger partial charge in [-0.2, -0.15) is 0 Å². The second-order valence-electron chi connectivity index (χ2n) is 16.1. The van der Waals surface area contributed by atoms with E-state index in [4.69, 9.17) is 9.47 Å². The molecule has 2 aliphatic heterocycles. The molecule has 9 aromatic carbocycles. The maximum Gasteiger partial charge on any atom is 0.151 e. The Morgan fingerprint density at radius 2 is 0.831 bits per heavy atom. The number of ether oxygens (including phenoxy) is 2. The Morgan fingerprint density at radius 3 is 1.36 bits per heavy atom. The maximum atomic E-state index is 6.43. The topological polar surface area (TPSA) is 24.9 Å². The van der Waals surface area contributed by atoms with Gasteiger partial charge in [-0.25, -0.2) is 0 Å². The molecule has 12 rings (SSSR count). The Kier molecular flexibility index (Phi) is 7.24. The van der Waals surface area contributed by atoms with Crippen LogP contribution in [0.3, 0.4) is 0 Å². The second-order valence-corrected chi connectivity index (χ2v) is 16.1. The van der Waals surface area contributed by atoms with Crippen molar-refractivity contribution < 1.29 is 9.47 Å². The highest BCUT2D eigenvalue weighted by Gasteiger charge is 2.37. The summed E-state index contributed by atoms with van der Waals surface area (Å²) in [6.07, 6.45) is 4.61. The summed E-state index contributed by atoms with van der Waals surface area (Å²) in [6, 6.07) is 64.8. The zero-order valence-corrected chi connectivity index (χ0v) is 32.7. The first-order valence-electron chi connectivity index (χ1n) is 20.3. The number of benzene rings is 9. The minimum atomic E-state index is -0.207. The van der Waals surface area contributed by atoms with Crippen molar-refractivity contribution in [3.63, 3.8) is 0 Å². The van der Waals surface area contributed by atoms with E-state index in [2.05, 4.69) is 181 Å². The van der Waals surface area contributed by atoms with Crippen LogP contribution in [0.15, 0.2) is 182 Å². The largest absolute Gasteiger partial charge is 0.453 e. The van der Waals surface area contributed by atoms with Gasteiger partial charge < -0.3 is 19.3 Å². The molecule has 0 N–H and O–H groups in total. The Labute approximate surface area is 343 Å². The van der Waals surface area contributed by atoms with Gasteiger partial charge in [0.25, 0.3) is 0 Å². The molecule has 0 amide bonds. The predicted octanol–water partition coefficient (Wildman–Crippen LogP) is 15.6. The van der Waals surface area contributed by atoms with Crippen molar-refractivity contribution in [2.45, 2.75) is 19.3 Å². The summed E-state index contributed by atoms with van der Waals surface area (Å²) in [5, 5.41) is 4.77. The Morgan fingerprint density at radius 1 is 0.407 bits per heavy atom. The normalized spacial score (nSPS) is 14.2. The van der Waals surface area contributed by atoms with Gasteiger partial charge in [0, 0.05) is 21.9 Å². The first kappa shape index (κ1) is 33.6. The first-order chi connectivity index (χ1) is 29.0. The van der Waals surface area contributed by atoms with E-state index >= 15 is 0 Å². The van der Waals surface area contributed by atoms with E-state index in [1.165, 1.54) is 54.9 Å². The van der Waals surface area contributed by atoms with E-state index < -0.39 is 0 Å². The van der Waals surface area contributed by atoms with Crippen LogP contribution in [0.1, 0.15) is 36.1 Å². The predicted molar refractivity (Wildman–Crippen MR) is 244 cm³/mol. The van der Waals surface area contributed by atoms with Crippen LogP contribution in [-0.4, -0.2) is 0 Å².